The number of hydrogen-bond acceptors (Lipinski definition) is 4. The third-order valence-corrected chi connectivity index (χ3v) is 5.71. The van der Waals surface area contributed by atoms with Crippen molar-refractivity contribution in [3.63, 3.8) is 0 Å². The molecule has 4 N–H and O–H groups in total. The van der Waals surface area contributed by atoms with Crippen LogP contribution in [0.25, 0.3) is 0 Å². The van der Waals surface area contributed by atoms with Crippen LogP contribution < -0.4 is 16.0 Å². The smallest absolute Gasteiger partial charge is 0.319 e. The number of carbonyl (C=O) groups excluding carboxylic acids is 2. The lowest BCUT2D eigenvalue weighted by Crippen LogP contribution is -2.53. The molecule has 8 heteroatoms. The molecule has 1 saturated heterocycles. The van der Waals surface area contributed by atoms with E-state index in [0.717, 1.165) is 32.1 Å². The van der Waals surface area contributed by atoms with Crippen molar-refractivity contribution in [1.82, 2.24) is 10.6 Å². The highest BCUT2D eigenvalue weighted by Crippen LogP contribution is 2.28. The van der Waals surface area contributed by atoms with E-state index in [-0.39, 0.29) is 36.6 Å². The molecule has 3 rings (SSSR count). The zero-order valence-electron chi connectivity index (χ0n) is 15.8. The number of halogens is 1. The molecular formula is C20H28ClN3O4. The van der Waals surface area contributed by atoms with E-state index in [9.17, 15) is 14.7 Å². The standard InChI is InChI=1S/C20H28ClN3O4/c21-14-4-6-15(7-5-14)23-20(27)22-11-10-16-8-9-17(18(12-25)28-16)24-19(26)13-2-1-3-13/h4-7,13,16-18,25H,1-3,8-12H2,(H,24,26)(H2,22,23,27)/t16-,17-,18-/m0/s1. The minimum absolute atomic E-state index is 0.0511. The molecule has 3 amide bonds. The molecule has 0 aromatic heterocycles. The molecule has 1 heterocycles. The molecule has 0 unspecified atom stereocenters. The van der Waals surface area contributed by atoms with Crippen molar-refractivity contribution in [2.75, 3.05) is 18.5 Å². The van der Waals surface area contributed by atoms with E-state index in [4.69, 9.17) is 16.3 Å². The van der Waals surface area contributed by atoms with Crippen molar-refractivity contribution in [3.05, 3.63) is 29.3 Å². The van der Waals surface area contributed by atoms with Gasteiger partial charge in [-0.15, -0.1) is 0 Å². The molecular weight excluding hydrogens is 382 g/mol. The van der Waals surface area contributed by atoms with Crippen LogP contribution in [0.5, 0.6) is 0 Å². The summed E-state index contributed by atoms with van der Waals surface area (Å²) in [5.41, 5.74) is 0.668. The van der Waals surface area contributed by atoms with E-state index < -0.39 is 6.10 Å². The Morgan fingerprint density at radius 1 is 1.14 bits per heavy atom. The predicted molar refractivity (Wildman–Crippen MR) is 107 cm³/mol. The molecule has 154 valence electrons. The van der Waals surface area contributed by atoms with Crippen molar-refractivity contribution in [2.45, 2.75) is 56.8 Å². The number of rotatable bonds is 7. The zero-order chi connectivity index (χ0) is 19.9. The van der Waals surface area contributed by atoms with Crippen molar-refractivity contribution in [3.8, 4) is 0 Å². The minimum Gasteiger partial charge on any atom is -0.394 e. The number of carbonyl (C=O) groups is 2. The van der Waals surface area contributed by atoms with Crippen LogP contribution in [0.15, 0.2) is 24.3 Å². The number of hydrogen-bond donors (Lipinski definition) is 4. The van der Waals surface area contributed by atoms with Gasteiger partial charge in [0.15, 0.2) is 0 Å². The van der Waals surface area contributed by atoms with Crippen molar-refractivity contribution in [1.29, 1.82) is 0 Å². The van der Waals surface area contributed by atoms with E-state index in [1.807, 2.05) is 0 Å². The first kappa shape index (κ1) is 20.9. The van der Waals surface area contributed by atoms with Crippen molar-refractivity contribution in [2.24, 2.45) is 5.92 Å². The zero-order valence-corrected chi connectivity index (χ0v) is 16.6. The molecule has 3 atom stereocenters. The van der Waals surface area contributed by atoms with Gasteiger partial charge in [0.2, 0.25) is 5.91 Å². The van der Waals surface area contributed by atoms with Gasteiger partial charge in [0.25, 0.3) is 0 Å². The quantitative estimate of drug-likeness (QED) is 0.556. The van der Waals surface area contributed by atoms with Gasteiger partial charge in [0.1, 0.15) is 6.10 Å². The third kappa shape index (κ3) is 5.83. The SMILES string of the molecule is O=C(NCC[C@@H]1CC[C@H](NC(=O)C2CCC2)[C@H](CO)O1)Nc1ccc(Cl)cc1. The van der Waals surface area contributed by atoms with E-state index in [2.05, 4.69) is 16.0 Å². The van der Waals surface area contributed by atoms with E-state index in [1.165, 1.54) is 0 Å². The minimum atomic E-state index is -0.398. The Labute approximate surface area is 170 Å². The van der Waals surface area contributed by atoms with Crippen LogP contribution in [0, 0.1) is 5.92 Å². The first-order valence-corrected chi connectivity index (χ1v) is 10.3. The highest BCUT2D eigenvalue weighted by atomic mass is 35.5. The first-order chi connectivity index (χ1) is 13.5. The Hall–Kier alpha value is -1.83. The lowest BCUT2D eigenvalue weighted by molar-refractivity contribution is -0.134. The number of amides is 3. The molecule has 1 aromatic rings. The van der Waals surface area contributed by atoms with Gasteiger partial charge in [-0.05, 0) is 56.4 Å². The van der Waals surface area contributed by atoms with Crippen LogP contribution in [0.3, 0.4) is 0 Å². The van der Waals surface area contributed by atoms with Crippen LogP contribution >= 0.6 is 11.6 Å². The number of benzene rings is 1. The second-order valence-electron chi connectivity index (χ2n) is 7.48. The second kappa shape index (κ2) is 10.1. The van der Waals surface area contributed by atoms with Crippen LogP contribution in [0.1, 0.15) is 38.5 Å². The first-order valence-electron chi connectivity index (χ1n) is 9.92. The van der Waals surface area contributed by atoms with Gasteiger partial charge in [-0.25, -0.2) is 4.79 Å². The molecule has 2 aliphatic rings. The number of nitrogens with one attached hydrogen (secondary N) is 3. The second-order valence-corrected chi connectivity index (χ2v) is 7.91. The van der Waals surface area contributed by atoms with Gasteiger partial charge in [0, 0.05) is 23.2 Å². The summed E-state index contributed by atoms with van der Waals surface area (Å²) in [4.78, 5) is 24.1. The monoisotopic (exact) mass is 409 g/mol. The maximum absolute atomic E-state index is 12.1. The summed E-state index contributed by atoms with van der Waals surface area (Å²) < 4.78 is 5.94. The summed E-state index contributed by atoms with van der Waals surface area (Å²) in [6, 6.07) is 6.45. The summed E-state index contributed by atoms with van der Waals surface area (Å²) in [5, 5.41) is 18.8. The van der Waals surface area contributed by atoms with Crippen LogP contribution in [0.4, 0.5) is 10.5 Å². The Bertz CT molecular complexity index is 666. The number of aliphatic hydroxyl groups is 1. The molecule has 28 heavy (non-hydrogen) atoms. The number of anilines is 1. The van der Waals surface area contributed by atoms with Crippen molar-refractivity contribution >= 4 is 29.2 Å². The molecule has 1 saturated carbocycles. The van der Waals surface area contributed by atoms with E-state index in [0.29, 0.717) is 23.7 Å². The van der Waals surface area contributed by atoms with Crippen LogP contribution in [-0.2, 0) is 9.53 Å². The average Bonchev–Trinajstić information content (AvgIpc) is 2.63. The van der Waals surface area contributed by atoms with Gasteiger partial charge in [-0.1, -0.05) is 18.0 Å². The maximum Gasteiger partial charge on any atom is 0.319 e. The van der Waals surface area contributed by atoms with Crippen LogP contribution in [-0.4, -0.2) is 48.4 Å². The van der Waals surface area contributed by atoms with Crippen LogP contribution in [0.2, 0.25) is 5.02 Å². The summed E-state index contributed by atoms with van der Waals surface area (Å²) >= 11 is 5.82. The Balaban J connectivity index is 1.36. The molecule has 1 aliphatic carbocycles. The lowest BCUT2D eigenvalue weighted by Gasteiger charge is -2.37. The predicted octanol–water partition coefficient (Wildman–Crippen LogP) is 2.68. The van der Waals surface area contributed by atoms with Gasteiger partial charge >= 0.3 is 6.03 Å². The summed E-state index contributed by atoms with van der Waals surface area (Å²) in [5.74, 6) is 0.206. The van der Waals surface area contributed by atoms with E-state index >= 15 is 0 Å². The Kier molecular flexibility index (Phi) is 7.53. The normalized spacial score (nSPS) is 24.9. The maximum atomic E-state index is 12.1. The molecule has 2 fully saturated rings. The molecule has 7 nitrogen and oxygen atoms in total. The lowest BCUT2D eigenvalue weighted by atomic mass is 9.84. The third-order valence-electron chi connectivity index (χ3n) is 5.45. The summed E-state index contributed by atoms with van der Waals surface area (Å²) in [7, 11) is 0. The summed E-state index contributed by atoms with van der Waals surface area (Å²) in [6.07, 6.45) is 4.77. The number of ether oxygens (including phenoxy) is 1. The number of urea groups is 1. The number of aliphatic hydroxyl groups excluding tert-OH is 1. The fourth-order valence-corrected chi connectivity index (χ4v) is 3.66. The topological polar surface area (TPSA) is 99.7 Å². The Morgan fingerprint density at radius 2 is 1.89 bits per heavy atom. The van der Waals surface area contributed by atoms with E-state index in [1.54, 1.807) is 24.3 Å². The van der Waals surface area contributed by atoms with Gasteiger partial charge in [-0.2, -0.15) is 0 Å². The largest absolute Gasteiger partial charge is 0.394 e. The fourth-order valence-electron chi connectivity index (χ4n) is 3.54. The highest BCUT2D eigenvalue weighted by molar-refractivity contribution is 6.30. The fraction of sp³-hybridized carbons (Fsp3) is 0.600. The average molecular weight is 410 g/mol. The molecule has 0 spiro atoms. The molecule has 0 radical (unpaired) electrons. The van der Waals surface area contributed by atoms with Gasteiger partial charge < -0.3 is 25.8 Å². The Morgan fingerprint density at radius 3 is 2.54 bits per heavy atom. The molecule has 1 aromatic carbocycles. The molecule has 0 bridgehead atoms. The molecule has 1 aliphatic heterocycles. The summed E-state index contributed by atoms with van der Waals surface area (Å²) in [6.45, 7) is 0.331. The van der Waals surface area contributed by atoms with Crippen molar-refractivity contribution < 1.29 is 19.4 Å². The van der Waals surface area contributed by atoms with Gasteiger partial charge in [0.05, 0.1) is 18.8 Å². The highest BCUT2D eigenvalue weighted by Gasteiger charge is 2.34. The van der Waals surface area contributed by atoms with Gasteiger partial charge in [-0.3, -0.25) is 4.79 Å².